The summed E-state index contributed by atoms with van der Waals surface area (Å²) >= 11 is 0. The summed E-state index contributed by atoms with van der Waals surface area (Å²) in [6.07, 6.45) is 3.94. The van der Waals surface area contributed by atoms with Crippen molar-refractivity contribution in [1.29, 1.82) is 0 Å². The molecule has 0 aliphatic carbocycles. The van der Waals surface area contributed by atoms with E-state index in [0.29, 0.717) is 25.2 Å². The summed E-state index contributed by atoms with van der Waals surface area (Å²) in [7, 11) is 0. The van der Waals surface area contributed by atoms with E-state index in [1.165, 1.54) is 0 Å². The molecule has 0 aromatic carbocycles. The van der Waals surface area contributed by atoms with Crippen molar-refractivity contribution in [2.24, 2.45) is 0 Å². The van der Waals surface area contributed by atoms with Gasteiger partial charge in [0.2, 0.25) is 0 Å². The van der Waals surface area contributed by atoms with Gasteiger partial charge in [-0.1, -0.05) is 12.2 Å². The van der Waals surface area contributed by atoms with Crippen LogP contribution in [0, 0.1) is 0 Å². The summed E-state index contributed by atoms with van der Waals surface area (Å²) in [5.74, 6) is -0.876. The van der Waals surface area contributed by atoms with E-state index in [-0.39, 0.29) is 0 Å². The number of carboxylic acid groups (broad SMARTS) is 1. The van der Waals surface area contributed by atoms with Gasteiger partial charge in [-0.05, 0) is 13.3 Å². The van der Waals surface area contributed by atoms with Gasteiger partial charge in [0.25, 0.3) is 0 Å². The van der Waals surface area contributed by atoms with Gasteiger partial charge in [-0.2, -0.15) is 0 Å². The van der Waals surface area contributed by atoms with Crippen LogP contribution in [0.2, 0.25) is 0 Å². The molecule has 0 atom stereocenters. The monoisotopic (exact) mass is 170 g/mol. The summed E-state index contributed by atoms with van der Waals surface area (Å²) in [5.41, 5.74) is 0.359. The maximum absolute atomic E-state index is 10.3. The van der Waals surface area contributed by atoms with Crippen molar-refractivity contribution >= 4 is 5.97 Å². The molecular weight excluding hydrogens is 156 g/mol. The van der Waals surface area contributed by atoms with Crippen LogP contribution in [0.25, 0.3) is 0 Å². The highest BCUT2D eigenvalue weighted by Gasteiger charge is 1.96. The second-order valence-electron chi connectivity index (χ2n) is 2.34. The van der Waals surface area contributed by atoms with E-state index < -0.39 is 5.97 Å². The van der Waals surface area contributed by atoms with E-state index in [4.69, 9.17) is 9.84 Å². The molecule has 0 aromatic rings. The van der Waals surface area contributed by atoms with Crippen LogP contribution >= 0.6 is 0 Å². The first-order chi connectivity index (χ1) is 5.68. The fraction of sp³-hybridized carbons (Fsp3) is 0.444. The summed E-state index contributed by atoms with van der Waals surface area (Å²) in [4.78, 5) is 10.3. The summed E-state index contributed by atoms with van der Waals surface area (Å²) in [6.45, 7) is 6.10. The number of carboxylic acids is 1. The van der Waals surface area contributed by atoms with Crippen molar-refractivity contribution in [2.75, 3.05) is 13.2 Å². The minimum atomic E-state index is -0.876. The minimum absolute atomic E-state index is 0.359. The Bertz CT molecular complexity index is 182. The highest BCUT2D eigenvalue weighted by atomic mass is 16.5. The van der Waals surface area contributed by atoms with Crippen LogP contribution in [0.1, 0.15) is 13.3 Å². The van der Waals surface area contributed by atoms with Crippen molar-refractivity contribution in [2.45, 2.75) is 13.3 Å². The van der Waals surface area contributed by atoms with E-state index in [2.05, 4.69) is 6.58 Å². The molecule has 0 aliphatic heterocycles. The topological polar surface area (TPSA) is 46.5 Å². The van der Waals surface area contributed by atoms with Crippen molar-refractivity contribution < 1.29 is 14.6 Å². The SMILES string of the molecule is C=CCOCCC=C(C)C(=O)O. The predicted octanol–water partition coefficient (Wildman–Crippen LogP) is 1.61. The van der Waals surface area contributed by atoms with Gasteiger partial charge in [-0.25, -0.2) is 4.79 Å². The van der Waals surface area contributed by atoms with Gasteiger partial charge in [0.1, 0.15) is 0 Å². The van der Waals surface area contributed by atoms with Crippen LogP contribution < -0.4 is 0 Å². The van der Waals surface area contributed by atoms with E-state index in [1.54, 1.807) is 19.1 Å². The molecule has 0 unspecified atom stereocenters. The van der Waals surface area contributed by atoms with Crippen LogP contribution in [-0.2, 0) is 9.53 Å². The van der Waals surface area contributed by atoms with Crippen LogP contribution in [0.15, 0.2) is 24.3 Å². The molecule has 12 heavy (non-hydrogen) atoms. The van der Waals surface area contributed by atoms with Crippen LogP contribution in [-0.4, -0.2) is 24.3 Å². The molecule has 0 aromatic heterocycles. The maximum Gasteiger partial charge on any atom is 0.330 e. The first-order valence-electron chi connectivity index (χ1n) is 3.77. The van der Waals surface area contributed by atoms with Gasteiger partial charge < -0.3 is 9.84 Å². The lowest BCUT2D eigenvalue weighted by Gasteiger charge is -1.97. The summed E-state index contributed by atoms with van der Waals surface area (Å²) in [5, 5.41) is 8.46. The number of hydrogen-bond acceptors (Lipinski definition) is 2. The molecule has 0 saturated carbocycles. The quantitative estimate of drug-likeness (QED) is 0.374. The maximum atomic E-state index is 10.3. The first-order valence-corrected chi connectivity index (χ1v) is 3.77. The second kappa shape index (κ2) is 6.61. The molecule has 68 valence electrons. The normalized spacial score (nSPS) is 11.2. The number of rotatable bonds is 6. The number of hydrogen-bond donors (Lipinski definition) is 1. The van der Waals surface area contributed by atoms with E-state index >= 15 is 0 Å². The number of ether oxygens (including phenoxy) is 1. The molecule has 0 amide bonds. The van der Waals surface area contributed by atoms with Crippen LogP contribution in [0.3, 0.4) is 0 Å². The van der Waals surface area contributed by atoms with Crippen LogP contribution in [0.5, 0.6) is 0 Å². The molecule has 0 saturated heterocycles. The Kier molecular flexibility index (Phi) is 6.01. The Balaban J connectivity index is 3.46. The average molecular weight is 170 g/mol. The zero-order valence-electron chi connectivity index (χ0n) is 7.25. The number of aliphatic carboxylic acids is 1. The summed E-state index contributed by atoms with van der Waals surface area (Å²) < 4.78 is 5.06. The molecular formula is C9H14O3. The third kappa shape index (κ3) is 5.68. The predicted molar refractivity (Wildman–Crippen MR) is 47.0 cm³/mol. The van der Waals surface area contributed by atoms with E-state index in [0.717, 1.165) is 0 Å². The third-order valence-corrected chi connectivity index (χ3v) is 1.29. The smallest absolute Gasteiger partial charge is 0.330 e. The standard InChI is InChI=1S/C9H14O3/c1-3-6-12-7-4-5-8(2)9(10)11/h3,5H,1,4,6-7H2,2H3,(H,10,11). The Morgan fingerprint density at radius 1 is 1.67 bits per heavy atom. The molecule has 0 rings (SSSR count). The largest absolute Gasteiger partial charge is 0.478 e. The molecule has 3 heteroatoms. The Hall–Kier alpha value is -1.09. The fourth-order valence-electron chi connectivity index (χ4n) is 0.613. The van der Waals surface area contributed by atoms with Gasteiger partial charge in [-0.15, -0.1) is 6.58 Å². The lowest BCUT2D eigenvalue weighted by atomic mass is 10.2. The molecule has 0 spiro atoms. The molecule has 3 nitrogen and oxygen atoms in total. The molecule has 0 fully saturated rings. The van der Waals surface area contributed by atoms with Crippen molar-refractivity contribution in [1.82, 2.24) is 0 Å². The van der Waals surface area contributed by atoms with Crippen LogP contribution in [0.4, 0.5) is 0 Å². The highest BCUT2D eigenvalue weighted by molar-refractivity contribution is 5.85. The molecule has 0 heterocycles. The van der Waals surface area contributed by atoms with E-state index in [1.807, 2.05) is 0 Å². The third-order valence-electron chi connectivity index (χ3n) is 1.29. The van der Waals surface area contributed by atoms with E-state index in [9.17, 15) is 4.79 Å². The Labute approximate surface area is 72.3 Å². The minimum Gasteiger partial charge on any atom is -0.478 e. The Morgan fingerprint density at radius 3 is 2.83 bits per heavy atom. The van der Waals surface area contributed by atoms with Gasteiger partial charge >= 0.3 is 5.97 Å². The van der Waals surface area contributed by atoms with Gasteiger partial charge in [0, 0.05) is 5.57 Å². The van der Waals surface area contributed by atoms with Crippen molar-refractivity contribution in [3.8, 4) is 0 Å². The van der Waals surface area contributed by atoms with Gasteiger partial charge in [0.05, 0.1) is 13.2 Å². The van der Waals surface area contributed by atoms with Crippen molar-refractivity contribution in [3.63, 3.8) is 0 Å². The average Bonchev–Trinajstić information content (AvgIpc) is 2.03. The van der Waals surface area contributed by atoms with Gasteiger partial charge in [-0.3, -0.25) is 0 Å². The molecule has 0 aliphatic rings. The zero-order chi connectivity index (χ0) is 9.40. The fourth-order valence-corrected chi connectivity index (χ4v) is 0.613. The molecule has 1 N–H and O–H groups in total. The first kappa shape index (κ1) is 10.9. The lowest BCUT2D eigenvalue weighted by molar-refractivity contribution is -0.132. The van der Waals surface area contributed by atoms with Crippen molar-refractivity contribution in [3.05, 3.63) is 24.3 Å². The summed E-state index contributed by atoms with van der Waals surface area (Å²) in [6, 6.07) is 0. The Morgan fingerprint density at radius 2 is 2.33 bits per heavy atom. The lowest BCUT2D eigenvalue weighted by Crippen LogP contribution is -1.98. The molecule has 0 radical (unpaired) electrons. The second-order valence-corrected chi connectivity index (χ2v) is 2.34. The number of carbonyl (C=O) groups is 1. The zero-order valence-corrected chi connectivity index (χ0v) is 7.25. The van der Waals surface area contributed by atoms with Gasteiger partial charge in [0.15, 0.2) is 0 Å². The highest BCUT2D eigenvalue weighted by Crippen LogP contribution is 1.95. The molecule has 0 bridgehead atoms.